The molecular weight excluding hydrogens is 395 g/mol. The quantitative estimate of drug-likeness (QED) is 0.673. The van der Waals surface area contributed by atoms with Gasteiger partial charge in [0.1, 0.15) is 12.4 Å². The second-order valence-corrected chi connectivity index (χ2v) is 8.86. The summed E-state index contributed by atoms with van der Waals surface area (Å²) in [6.07, 6.45) is 4.19. The Hall–Kier alpha value is -1.91. The van der Waals surface area contributed by atoms with E-state index in [-0.39, 0.29) is 5.91 Å². The summed E-state index contributed by atoms with van der Waals surface area (Å²) in [5.74, 6) is 0.695. The third-order valence-electron chi connectivity index (χ3n) is 5.98. The summed E-state index contributed by atoms with van der Waals surface area (Å²) >= 11 is 12.3. The molecule has 2 saturated carbocycles. The first-order valence-corrected chi connectivity index (χ1v) is 10.6. The van der Waals surface area contributed by atoms with Crippen molar-refractivity contribution in [2.75, 3.05) is 29.5 Å². The highest BCUT2D eigenvalue weighted by atomic mass is 35.5. The van der Waals surface area contributed by atoms with Crippen LogP contribution in [-0.2, 0) is 4.79 Å². The molecule has 2 aromatic carbocycles. The Balaban J connectivity index is 1.35. The fourth-order valence-corrected chi connectivity index (χ4v) is 4.36. The van der Waals surface area contributed by atoms with E-state index in [1.807, 2.05) is 11.0 Å². The summed E-state index contributed by atoms with van der Waals surface area (Å²) in [5, 5.41) is 1.08. The summed E-state index contributed by atoms with van der Waals surface area (Å²) in [5.41, 5.74) is 1.75. The molecule has 4 nitrogen and oxygen atoms in total. The van der Waals surface area contributed by atoms with Crippen molar-refractivity contribution in [3.05, 3.63) is 52.5 Å². The zero-order valence-electron chi connectivity index (χ0n) is 15.5. The molecule has 2 aliphatic carbocycles. The molecule has 0 atom stereocenters. The molecule has 0 bridgehead atoms. The molecule has 1 amide bonds. The minimum Gasteiger partial charge on any atom is -0.491 e. The van der Waals surface area contributed by atoms with Crippen LogP contribution in [0, 0.1) is 5.41 Å². The number of carbonyl (C=O) groups is 1. The minimum atomic E-state index is -0.458. The number of amides is 1. The van der Waals surface area contributed by atoms with Crippen LogP contribution >= 0.6 is 23.2 Å². The molecule has 3 aliphatic rings. The van der Waals surface area contributed by atoms with Crippen LogP contribution in [0.25, 0.3) is 0 Å². The highest BCUT2D eigenvalue weighted by Gasteiger charge is 2.53. The first-order valence-electron chi connectivity index (χ1n) is 9.83. The smallest absolute Gasteiger partial charge is 0.236 e. The van der Waals surface area contributed by atoms with Gasteiger partial charge in [-0.15, -0.1) is 0 Å². The molecule has 0 spiro atoms. The van der Waals surface area contributed by atoms with Gasteiger partial charge in [-0.3, -0.25) is 4.79 Å². The maximum atomic E-state index is 13.5. The van der Waals surface area contributed by atoms with E-state index in [1.54, 1.807) is 18.2 Å². The molecular formula is C22H22Cl2N2O2. The lowest BCUT2D eigenvalue weighted by atomic mass is 10.0. The number of rotatable bonds is 5. The normalized spacial score (nSPS) is 19.9. The Morgan fingerprint density at radius 3 is 2.54 bits per heavy atom. The van der Waals surface area contributed by atoms with Crippen molar-refractivity contribution in [1.82, 2.24) is 0 Å². The van der Waals surface area contributed by atoms with Gasteiger partial charge in [-0.2, -0.15) is 0 Å². The molecule has 0 N–H and O–H groups in total. The Morgan fingerprint density at radius 2 is 1.82 bits per heavy atom. The van der Waals surface area contributed by atoms with Crippen LogP contribution in [0.5, 0.6) is 5.75 Å². The summed E-state index contributed by atoms with van der Waals surface area (Å²) in [4.78, 5) is 17.9. The van der Waals surface area contributed by atoms with Crippen molar-refractivity contribution in [3.8, 4) is 5.75 Å². The van der Waals surface area contributed by atoms with Gasteiger partial charge in [-0.1, -0.05) is 35.3 Å². The average Bonchev–Trinajstić information content (AvgIpc) is 3.62. The monoisotopic (exact) mass is 416 g/mol. The molecule has 28 heavy (non-hydrogen) atoms. The zero-order chi connectivity index (χ0) is 19.3. The van der Waals surface area contributed by atoms with Crippen molar-refractivity contribution in [3.63, 3.8) is 0 Å². The van der Waals surface area contributed by atoms with Crippen molar-refractivity contribution >= 4 is 40.5 Å². The summed E-state index contributed by atoms with van der Waals surface area (Å²) in [7, 11) is 0. The summed E-state index contributed by atoms with van der Waals surface area (Å²) in [6, 6.07) is 14.0. The van der Waals surface area contributed by atoms with Crippen molar-refractivity contribution < 1.29 is 9.53 Å². The van der Waals surface area contributed by atoms with E-state index in [2.05, 4.69) is 23.1 Å². The topological polar surface area (TPSA) is 32.8 Å². The standard InChI is InChI=1S/C22H22Cl2N2O2/c23-15-5-8-17(24)20(13-15)28-14-22(9-10-22)21(27)26-12-11-25(16-6-7-16)18-3-1-2-4-19(18)26/h1-5,8,13,16H,6-7,9-12,14H2. The summed E-state index contributed by atoms with van der Waals surface area (Å²) in [6.45, 7) is 1.95. The fraction of sp³-hybridized carbons (Fsp3) is 0.409. The zero-order valence-corrected chi connectivity index (χ0v) is 17.0. The maximum Gasteiger partial charge on any atom is 0.236 e. The second kappa shape index (κ2) is 6.85. The first kappa shape index (κ1) is 18.1. The molecule has 1 aliphatic heterocycles. The van der Waals surface area contributed by atoms with Crippen LogP contribution < -0.4 is 14.5 Å². The minimum absolute atomic E-state index is 0.161. The van der Waals surface area contributed by atoms with E-state index in [9.17, 15) is 4.79 Å². The molecule has 0 unspecified atom stereocenters. The average molecular weight is 417 g/mol. The number of hydrogen-bond acceptors (Lipinski definition) is 3. The number of para-hydroxylation sites is 2. The SMILES string of the molecule is O=C(N1CCN(C2CC2)c2ccccc21)C1(COc2cc(Cl)ccc2Cl)CC1. The van der Waals surface area contributed by atoms with Crippen molar-refractivity contribution in [2.45, 2.75) is 31.7 Å². The molecule has 2 aromatic rings. The largest absolute Gasteiger partial charge is 0.491 e. The third kappa shape index (κ3) is 3.23. The van der Waals surface area contributed by atoms with Gasteiger partial charge in [0.15, 0.2) is 0 Å². The van der Waals surface area contributed by atoms with Gasteiger partial charge in [0.2, 0.25) is 5.91 Å². The van der Waals surface area contributed by atoms with Crippen LogP contribution in [0.15, 0.2) is 42.5 Å². The molecule has 6 heteroatoms. The fourth-order valence-electron chi connectivity index (χ4n) is 4.02. The Bertz CT molecular complexity index is 925. The summed E-state index contributed by atoms with van der Waals surface area (Å²) < 4.78 is 5.94. The predicted molar refractivity (Wildman–Crippen MR) is 113 cm³/mol. The number of fused-ring (bicyclic) bond motifs is 1. The molecule has 0 saturated heterocycles. The number of ether oxygens (including phenoxy) is 1. The Labute approximate surface area is 175 Å². The number of nitrogens with zero attached hydrogens (tertiary/aromatic N) is 2. The van der Waals surface area contributed by atoms with Gasteiger partial charge in [0.05, 0.1) is 21.8 Å². The lowest BCUT2D eigenvalue weighted by Gasteiger charge is -2.39. The highest BCUT2D eigenvalue weighted by molar-refractivity contribution is 6.34. The van der Waals surface area contributed by atoms with E-state index in [0.29, 0.717) is 28.4 Å². The van der Waals surface area contributed by atoms with E-state index >= 15 is 0 Å². The molecule has 0 aromatic heterocycles. The van der Waals surface area contributed by atoms with Crippen LogP contribution in [0.2, 0.25) is 10.0 Å². The first-order chi connectivity index (χ1) is 13.6. The molecule has 2 fully saturated rings. The number of anilines is 2. The number of carbonyl (C=O) groups excluding carboxylic acids is 1. The van der Waals surface area contributed by atoms with Crippen LogP contribution in [-0.4, -0.2) is 31.6 Å². The molecule has 1 heterocycles. The van der Waals surface area contributed by atoms with Gasteiger partial charge >= 0.3 is 0 Å². The molecule has 146 valence electrons. The van der Waals surface area contributed by atoms with Gasteiger partial charge in [0, 0.05) is 30.2 Å². The Kier molecular flexibility index (Phi) is 4.44. The van der Waals surface area contributed by atoms with E-state index < -0.39 is 5.41 Å². The van der Waals surface area contributed by atoms with Crippen molar-refractivity contribution in [2.24, 2.45) is 5.41 Å². The maximum absolute atomic E-state index is 13.5. The van der Waals surface area contributed by atoms with E-state index in [4.69, 9.17) is 27.9 Å². The van der Waals surface area contributed by atoms with Gasteiger partial charge in [-0.25, -0.2) is 0 Å². The van der Waals surface area contributed by atoms with Crippen LogP contribution in [0.4, 0.5) is 11.4 Å². The van der Waals surface area contributed by atoms with Crippen LogP contribution in [0.1, 0.15) is 25.7 Å². The van der Waals surface area contributed by atoms with E-state index in [0.717, 1.165) is 31.6 Å². The van der Waals surface area contributed by atoms with Gasteiger partial charge in [-0.05, 0) is 49.9 Å². The Morgan fingerprint density at radius 1 is 1.07 bits per heavy atom. The third-order valence-corrected chi connectivity index (χ3v) is 6.53. The number of hydrogen-bond donors (Lipinski definition) is 0. The van der Waals surface area contributed by atoms with E-state index in [1.165, 1.54) is 18.5 Å². The highest BCUT2D eigenvalue weighted by Crippen LogP contribution is 2.50. The second-order valence-electron chi connectivity index (χ2n) is 8.01. The van der Waals surface area contributed by atoms with Gasteiger partial charge in [0.25, 0.3) is 0 Å². The molecule has 0 radical (unpaired) electrons. The lowest BCUT2D eigenvalue weighted by Crippen LogP contribution is -2.48. The predicted octanol–water partition coefficient (Wildman–Crippen LogP) is 5.17. The number of benzene rings is 2. The van der Waals surface area contributed by atoms with Crippen molar-refractivity contribution in [1.29, 1.82) is 0 Å². The van der Waals surface area contributed by atoms with Crippen LogP contribution in [0.3, 0.4) is 0 Å². The number of halogens is 2. The molecule has 5 rings (SSSR count). The van der Waals surface area contributed by atoms with Gasteiger partial charge < -0.3 is 14.5 Å². The lowest BCUT2D eigenvalue weighted by molar-refractivity contribution is -0.124.